The first-order valence-corrected chi connectivity index (χ1v) is 4.42. The molecule has 0 fully saturated rings. The monoisotopic (exact) mass is 232 g/mol. The van der Waals surface area contributed by atoms with Crippen LogP contribution in [0.1, 0.15) is 35.6 Å². The van der Waals surface area contributed by atoms with Gasteiger partial charge in [-0.2, -0.15) is 0 Å². The molecule has 0 atom stereocenters. The molecule has 0 radical (unpaired) electrons. The van der Waals surface area contributed by atoms with E-state index in [2.05, 4.69) is 6.92 Å². The van der Waals surface area contributed by atoms with Gasteiger partial charge in [0.25, 0.3) is 0 Å². The Labute approximate surface area is 94.8 Å². The molecule has 86 valence electrons. The summed E-state index contributed by atoms with van der Waals surface area (Å²) in [5.74, 6) is 1.14. The van der Waals surface area contributed by atoms with Gasteiger partial charge in [-0.3, -0.25) is 0 Å². The molecule has 0 saturated carbocycles. The van der Waals surface area contributed by atoms with Crippen molar-refractivity contribution in [3.63, 3.8) is 0 Å². The van der Waals surface area contributed by atoms with Crippen molar-refractivity contribution in [1.29, 1.82) is 0 Å². The van der Waals surface area contributed by atoms with Gasteiger partial charge in [0.15, 0.2) is 0 Å². The lowest BCUT2D eigenvalue weighted by Crippen LogP contribution is -2.29. The first-order valence-electron chi connectivity index (χ1n) is 3.35. The highest BCUT2D eigenvalue weighted by Gasteiger charge is 2.25. The number of halogens is 2. The van der Waals surface area contributed by atoms with Gasteiger partial charge in [0.2, 0.25) is 0 Å². The molecule has 0 saturated heterocycles. The molecule has 0 rings (SSSR count). The van der Waals surface area contributed by atoms with E-state index >= 15 is 0 Å². The average molecular weight is 233 g/mol. The zero-order valence-corrected chi connectivity index (χ0v) is 8.00. The second kappa shape index (κ2) is 12.5. The summed E-state index contributed by atoms with van der Waals surface area (Å²) >= 11 is 11.5. The van der Waals surface area contributed by atoms with Crippen molar-refractivity contribution in [2.75, 3.05) is 25.5 Å². The zero-order valence-electron chi connectivity index (χ0n) is 6.49. The van der Waals surface area contributed by atoms with Gasteiger partial charge in [0.1, 0.15) is 0 Å². The number of rotatable bonds is 5. The second-order valence-electron chi connectivity index (χ2n) is 2.55. The third kappa shape index (κ3) is 7.60. The summed E-state index contributed by atoms with van der Waals surface area (Å²) in [6, 6.07) is 0. The SMILES string of the molecule is C.C.C.CCC(CCl)(CCl)COC. The number of hydrogen-bond acceptors (Lipinski definition) is 1. The average Bonchev–Trinajstić information content (AvgIpc) is 2.01. The quantitative estimate of drug-likeness (QED) is 0.639. The lowest BCUT2D eigenvalue weighted by molar-refractivity contribution is 0.106. The highest BCUT2D eigenvalue weighted by atomic mass is 35.5. The predicted octanol–water partition coefficient (Wildman–Crippen LogP) is 4.42. The van der Waals surface area contributed by atoms with E-state index in [0.717, 1.165) is 6.42 Å². The summed E-state index contributed by atoms with van der Waals surface area (Å²) in [5, 5.41) is 0. The van der Waals surface area contributed by atoms with Crippen LogP contribution in [0.4, 0.5) is 0 Å². The number of hydrogen-bond donors (Lipinski definition) is 0. The molecule has 13 heavy (non-hydrogen) atoms. The summed E-state index contributed by atoms with van der Waals surface area (Å²) in [5.41, 5.74) is -0.0160. The Kier molecular flexibility index (Phi) is 22.6. The minimum absolute atomic E-state index is 0. The van der Waals surface area contributed by atoms with E-state index in [4.69, 9.17) is 27.9 Å². The maximum atomic E-state index is 5.74. The van der Waals surface area contributed by atoms with E-state index in [0.29, 0.717) is 18.4 Å². The Morgan fingerprint density at radius 2 is 1.46 bits per heavy atom. The molecular weight excluding hydrogens is 207 g/mol. The van der Waals surface area contributed by atoms with E-state index in [9.17, 15) is 0 Å². The maximum absolute atomic E-state index is 5.74. The third-order valence-electron chi connectivity index (χ3n) is 1.77. The van der Waals surface area contributed by atoms with Crippen molar-refractivity contribution in [1.82, 2.24) is 0 Å². The van der Waals surface area contributed by atoms with Crippen molar-refractivity contribution >= 4 is 23.2 Å². The molecule has 0 aliphatic rings. The van der Waals surface area contributed by atoms with Crippen molar-refractivity contribution in [3.05, 3.63) is 0 Å². The molecule has 0 aromatic heterocycles. The molecule has 0 aliphatic heterocycles. The van der Waals surface area contributed by atoms with Crippen LogP contribution < -0.4 is 0 Å². The van der Waals surface area contributed by atoms with Gasteiger partial charge >= 0.3 is 0 Å². The van der Waals surface area contributed by atoms with Gasteiger partial charge in [-0.15, -0.1) is 23.2 Å². The van der Waals surface area contributed by atoms with E-state index in [1.165, 1.54) is 0 Å². The van der Waals surface area contributed by atoms with E-state index in [1.807, 2.05) is 0 Å². The van der Waals surface area contributed by atoms with Crippen molar-refractivity contribution in [2.45, 2.75) is 35.6 Å². The smallest absolute Gasteiger partial charge is 0.0541 e. The van der Waals surface area contributed by atoms with Crippen LogP contribution in [0, 0.1) is 5.41 Å². The zero-order chi connectivity index (χ0) is 8.04. The third-order valence-corrected chi connectivity index (χ3v) is 2.90. The van der Waals surface area contributed by atoms with Crippen LogP contribution in [0.15, 0.2) is 0 Å². The Morgan fingerprint density at radius 1 is 1.08 bits per heavy atom. The molecule has 0 N–H and O–H groups in total. The van der Waals surface area contributed by atoms with Gasteiger partial charge in [-0.05, 0) is 6.42 Å². The molecule has 0 bridgehead atoms. The van der Waals surface area contributed by atoms with Gasteiger partial charge < -0.3 is 4.74 Å². The highest BCUT2D eigenvalue weighted by molar-refractivity contribution is 6.21. The predicted molar refractivity (Wildman–Crippen MR) is 66.2 cm³/mol. The minimum atomic E-state index is -0.0160. The lowest BCUT2D eigenvalue weighted by Gasteiger charge is -2.26. The molecule has 1 nitrogen and oxygen atoms in total. The van der Waals surface area contributed by atoms with Gasteiger partial charge in [0.05, 0.1) is 6.61 Å². The highest BCUT2D eigenvalue weighted by Crippen LogP contribution is 2.25. The molecule has 0 unspecified atom stereocenters. The van der Waals surface area contributed by atoms with Crippen molar-refractivity contribution < 1.29 is 4.74 Å². The fraction of sp³-hybridized carbons (Fsp3) is 1.00. The largest absolute Gasteiger partial charge is 0.384 e. The summed E-state index contributed by atoms with van der Waals surface area (Å²) in [4.78, 5) is 0. The van der Waals surface area contributed by atoms with E-state index in [1.54, 1.807) is 7.11 Å². The molecule has 0 aromatic rings. The van der Waals surface area contributed by atoms with Crippen LogP contribution in [-0.2, 0) is 4.74 Å². The van der Waals surface area contributed by atoms with Crippen LogP contribution in [0.2, 0.25) is 0 Å². The number of methoxy groups -OCH3 is 1. The maximum Gasteiger partial charge on any atom is 0.0541 e. The topological polar surface area (TPSA) is 9.23 Å². The lowest BCUT2D eigenvalue weighted by atomic mass is 9.91. The molecule has 0 aliphatic carbocycles. The Hall–Kier alpha value is 0.540. The fourth-order valence-electron chi connectivity index (χ4n) is 0.710. The minimum Gasteiger partial charge on any atom is -0.384 e. The van der Waals surface area contributed by atoms with E-state index in [-0.39, 0.29) is 27.7 Å². The fourth-order valence-corrected chi connectivity index (χ4v) is 1.53. The second-order valence-corrected chi connectivity index (χ2v) is 3.09. The number of alkyl halides is 2. The van der Waals surface area contributed by atoms with Crippen LogP contribution in [0.5, 0.6) is 0 Å². The summed E-state index contributed by atoms with van der Waals surface area (Å²) < 4.78 is 5.01. The molecule has 0 amide bonds. The first kappa shape index (κ1) is 23.4. The van der Waals surface area contributed by atoms with Gasteiger partial charge in [-0.25, -0.2) is 0 Å². The Morgan fingerprint density at radius 3 is 1.54 bits per heavy atom. The van der Waals surface area contributed by atoms with Gasteiger partial charge in [0, 0.05) is 24.3 Å². The molecule has 0 spiro atoms. The van der Waals surface area contributed by atoms with Crippen LogP contribution in [0.3, 0.4) is 0 Å². The summed E-state index contributed by atoms with van der Waals surface area (Å²) in [7, 11) is 1.67. The molecule has 0 heterocycles. The van der Waals surface area contributed by atoms with Crippen LogP contribution in [-0.4, -0.2) is 25.5 Å². The van der Waals surface area contributed by atoms with Crippen molar-refractivity contribution in [3.8, 4) is 0 Å². The molecular formula is C10H26Cl2O. The Bertz CT molecular complexity index is 74.7. The molecule has 0 aromatic carbocycles. The number of ether oxygens (including phenoxy) is 1. The molecule has 3 heteroatoms. The summed E-state index contributed by atoms with van der Waals surface area (Å²) in [6.45, 7) is 2.72. The van der Waals surface area contributed by atoms with Crippen molar-refractivity contribution in [2.24, 2.45) is 5.41 Å². The normalized spacial score (nSPS) is 9.23. The first-order chi connectivity index (χ1) is 4.74. The summed E-state index contributed by atoms with van der Waals surface area (Å²) in [6.07, 6.45) is 0.966. The Balaban J connectivity index is -0.000000135. The van der Waals surface area contributed by atoms with E-state index < -0.39 is 0 Å². The van der Waals surface area contributed by atoms with Crippen LogP contribution in [0.25, 0.3) is 0 Å². The standard InChI is InChI=1S/C7H14Cl2O.3CH4/c1-3-7(4-8,5-9)6-10-2;;;/h3-6H2,1-2H3;3*1H4. The van der Waals surface area contributed by atoms with Crippen LogP contribution >= 0.6 is 23.2 Å². The van der Waals surface area contributed by atoms with Gasteiger partial charge in [-0.1, -0.05) is 29.2 Å².